The van der Waals surface area contributed by atoms with Crippen LogP contribution in [0.5, 0.6) is 0 Å². The van der Waals surface area contributed by atoms with Crippen molar-refractivity contribution < 1.29 is 5.11 Å². The molecule has 0 spiro atoms. The number of rotatable bonds is 9. The van der Waals surface area contributed by atoms with E-state index in [1.807, 2.05) is 12.4 Å². The van der Waals surface area contributed by atoms with Gasteiger partial charge in [0.25, 0.3) is 0 Å². The zero-order valence-corrected chi connectivity index (χ0v) is 9.94. The number of hydrogen-bond donors (Lipinski definition) is 1. The molecule has 3 heteroatoms. The van der Waals surface area contributed by atoms with E-state index in [9.17, 15) is 0 Å². The highest BCUT2D eigenvalue weighted by molar-refractivity contribution is 5.01. The molecule has 1 aromatic rings. The van der Waals surface area contributed by atoms with Crippen molar-refractivity contribution in [2.24, 2.45) is 0 Å². The minimum absolute atomic E-state index is 0.341. The fourth-order valence-electron chi connectivity index (χ4n) is 1.78. The maximum atomic E-state index is 8.62. The second kappa shape index (κ2) is 9.28. The Kier molecular flexibility index (Phi) is 7.60. The summed E-state index contributed by atoms with van der Waals surface area (Å²) < 4.78 is 0. The third-order valence-corrected chi connectivity index (χ3v) is 2.74. The summed E-state index contributed by atoms with van der Waals surface area (Å²) in [7, 11) is 0. The summed E-state index contributed by atoms with van der Waals surface area (Å²) in [6, 6.07) is 0. The Balaban J connectivity index is 1.89. The number of unbranched alkanes of at least 4 members (excludes halogenated alkanes) is 6. The molecule has 0 aliphatic rings. The Labute approximate surface area is 97.9 Å². The normalized spacial score (nSPS) is 10.6. The van der Waals surface area contributed by atoms with Gasteiger partial charge in [0.05, 0.1) is 0 Å². The van der Waals surface area contributed by atoms with Crippen molar-refractivity contribution in [3.8, 4) is 0 Å². The second-order valence-electron chi connectivity index (χ2n) is 4.20. The Morgan fingerprint density at radius 3 is 2.00 bits per heavy atom. The van der Waals surface area contributed by atoms with Crippen LogP contribution in [0.15, 0.2) is 18.7 Å². The molecule has 0 atom stereocenters. The van der Waals surface area contributed by atoms with Gasteiger partial charge in [0, 0.05) is 19.0 Å². The van der Waals surface area contributed by atoms with Crippen molar-refractivity contribution in [3.63, 3.8) is 0 Å². The van der Waals surface area contributed by atoms with Gasteiger partial charge >= 0.3 is 0 Å². The number of nitrogens with zero attached hydrogens (tertiary/aromatic N) is 2. The molecule has 0 saturated carbocycles. The fourth-order valence-corrected chi connectivity index (χ4v) is 1.78. The number of aromatic nitrogens is 2. The van der Waals surface area contributed by atoms with Crippen LogP contribution < -0.4 is 0 Å². The zero-order chi connectivity index (χ0) is 11.5. The van der Waals surface area contributed by atoms with E-state index in [1.54, 1.807) is 6.33 Å². The lowest BCUT2D eigenvalue weighted by Crippen LogP contribution is -1.89. The van der Waals surface area contributed by atoms with E-state index in [4.69, 9.17) is 5.11 Å². The molecule has 1 aromatic heterocycles. The molecule has 0 fully saturated rings. The summed E-state index contributed by atoms with van der Waals surface area (Å²) in [6.45, 7) is 0.341. The quantitative estimate of drug-likeness (QED) is 0.653. The summed E-state index contributed by atoms with van der Waals surface area (Å²) >= 11 is 0. The largest absolute Gasteiger partial charge is 0.396 e. The Bertz CT molecular complexity index is 251. The van der Waals surface area contributed by atoms with E-state index < -0.39 is 0 Å². The molecule has 0 aliphatic carbocycles. The Hall–Kier alpha value is -0.960. The molecule has 1 rings (SSSR count). The molecule has 16 heavy (non-hydrogen) atoms. The molecular formula is C13H22N2O. The van der Waals surface area contributed by atoms with E-state index in [2.05, 4.69) is 9.97 Å². The van der Waals surface area contributed by atoms with Crippen LogP contribution in [0, 0.1) is 0 Å². The van der Waals surface area contributed by atoms with Gasteiger partial charge in [-0.3, -0.25) is 0 Å². The highest BCUT2D eigenvalue weighted by atomic mass is 16.2. The van der Waals surface area contributed by atoms with Gasteiger partial charge in [-0.25, -0.2) is 9.97 Å². The van der Waals surface area contributed by atoms with Gasteiger partial charge in [-0.2, -0.15) is 0 Å². The molecule has 0 saturated heterocycles. The molecule has 90 valence electrons. The molecule has 0 unspecified atom stereocenters. The van der Waals surface area contributed by atoms with Crippen LogP contribution in [0.3, 0.4) is 0 Å². The van der Waals surface area contributed by atoms with E-state index in [0.717, 1.165) is 12.8 Å². The van der Waals surface area contributed by atoms with Gasteiger partial charge in [-0.15, -0.1) is 0 Å². The van der Waals surface area contributed by atoms with Gasteiger partial charge in [-0.1, -0.05) is 32.1 Å². The molecule has 3 nitrogen and oxygen atoms in total. The van der Waals surface area contributed by atoms with Gasteiger partial charge < -0.3 is 5.11 Å². The van der Waals surface area contributed by atoms with E-state index in [0.29, 0.717) is 6.61 Å². The molecule has 0 amide bonds. The highest BCUT2D eigenvalue weighted by Crippen LogP contribution is 2.09. The lowest BCUT2D eigenvalue weighted by molar-refractivity contribution is 0.282. The van der Waals surface area contributed by atoms with Gasteiger partial charge in [0.15, 0.2) is 0 Å². The monoisotopic (exact) mass is 222 g/mol. The zero-order valence-electron chi connectivity index (χ0n) is 9.94. The fraction of sp³-hybridized carbons (Fsp3) is 0.692. The smallest absolute Gasteiger partial charge is 0.115 e. The number of aliphatic hydroxyl groups excluding tert-OH is 1. The average molecular weight is 222 g/mol. The van der Waals surface area contributed by atoms with Crippen molar-refractivity contribution in [1.29, 1.82) is 0 Å². The summed E-state index contributed by atoms with van der Waals surface area (Å²) in [4.78, 5) is 8.00. The first-order chi connectivity index (χ1) is 7.93. The number of aryl methyl sites for hydroxylation is 1. The Morgan fingerprint density at radius 1 is 0.812 bits per heavy atom. The minimum Gasteiger partial charge on any atom is -0.396 e. The lowest BCUT2D eigenvalue weighted by Gasteiger charge is -2.01. The Morgan fingerprint density at radius 2 is 1.38 bits per heavy atom. The first-order valence-corrected chi connectivity index (χ1v) is 6.28. The predicted octanol–water partition coefficient (Wildman–Crippen LogP) is 2.74. The van der Waals surface area contributed by atoms with Crippen LogP contribution in [0.1, 0.15) is 50.5 Å². The van der Waals surface area contributed by atoms with Crippen LogP contribution in [0.4, 0.5) is 0 Å². The number of aliphatic hydroxyl groups is 1. The first kappa shape index (κ1) is 13.1. The van der Waals surface area contributed by atoms with Crippen molar-refractivity contribution in [2.45, 2.75) is 51.4 Å². The minimum atomic E-state index is 0.341. The third kappa shape index (κ3) is 6.51. The topological polar surface area (TPSA) is 46.0 Å². The lowest BCUT2D eigenvalue weighted by atomic mass is 10.1. The molecule has 1 heterocycles. The molecule has 0 radical (unpaired) electrons. The van der Waals surface area contributed by atoms with Crippen LogP contribution in [0.25, 0.3) is 0 Å². The van der Waals surface area contributed by atoms with Crippen LogP contribution in [0.2, 0.25) is 0 Å². The van der Waals surface area contributed by atoms with Gasteiger partial charge in [0.1, 0.15) is 6.33 Å². The van der Waals surface area contributed by atoms with Crippen LogP contribution >= 0.6 is 0 Å². The molecule has 0 bridgehead atoms. The average Bonchev–Trinajstić information content (AvgIpc) is 2.34. The summed E-state index contributed by atoms with van der Waals surface area (Å²) in [6.07, 6.45) is 15.0. The third-order valence-electron chi connectivity index (χ3n) is 2.74. The SMILES string of the molecule is OCCCCCCCCCc1cncnc1. The summed E-state index contributed by atoms with van der Waals surface area (Å²) in [5.74, 6) is 0. The van der Waals surface area contributed by atoms with E-state index >= 15 is 0 Å². The maximum Gasteiger partial charge on any atom is 0.115 e. The molecule has 1 N–H and O–H groups in total. The highest BCUT2D eigenvalue weighted by Gasteiger charge is 1.94. The van der Waals surface area contributed by atoms with Gasteiger partial charge in [0.2, 0.25) is 0 Å². The molecule has 0 aliphatic heterocycles. The van der Waals surface area contributed by atoms with Crippen LogP contribution in [-0.4, -0.2) is 21.7 Å². The first-order valence-electron chi connectivity index (χ1n) is 6.28. The second-order valence-corrected chi connectivity index (χ2v) is 4.20. The van der Waals surface area contributed by atoms with E-state index in [1.165, 1.54) is 44.1 Å². The standard InChI is InChI=1S/C13H22N2O/c16-9-7-5-3-1-2-4-6-8-13-10-14-12-15-11-13/h10-12,16H,1-9H2. The van der Waals surface area contributed by atoms with Crippen molar-refractivity contribution in [2.75, 3.05) is 6.61 Å². The van der Waals surface area contributed by atoms with Crippen LogP contribution in [-0.2, 0) is 6.42 Å². The molecular weight excluding hydrogens is 200 g/mol. The van der Waals surface area contributed by atoms with Crippen molar-refractivity contribution >= 4 is 0 Å². The van der Waals surface area contributed by atoms with E-state index in [-0.39, 0.29) is 0 Å². The summed E-state index contributed by atoms with van der Waals surface area (Å²) in [5.41, 5.74) is 1.24. The number of hydrogen-bond acceptors (Lipinski definition) is 3. The molecule has 0 aromatic carbocycles. The van der Waals surface area contributed by atoms with Crippen molar-refractivity contribution in [3.05, 3.63) is 24.3 Å². The van der Waals surface area contributed by atoms with Gasteiger partial charge in [-0.05, 0) is 24.8 Å². The van der Waals surface area contributed by atoms with Crippen molar-refractivity contribution in [1.82, 2.24) is 9.97 Å². The maximum absolute atomic E-state index is 8.62. The summed E-state index contributed by atoms with van der Waals surface area (Å²) in [5, 5.41) is 8.62. The predicted molar refractivity (Wildman–Crippen MR) is 65.1 cm³/mol.